The van der Waals surface area contributed by atoms with E-state index in [9.17, 15) is 9.59 Å². The molecule has 0 N–H and O–H groups in total. The van der Waals surface area contributed by atoms with E-state index in [1.54, 1.807) is 24.0 Å². The van der Waals surface area contributed by atoms with Crippen LogP contribution in [0.25, 0.3) is 0 Å². The van der Waals surface area contributed by atoms with Crippen LogP contribution >= 0.6 is 0 Å². The third kappa shape index (κ3) is 8.33. The van der Waals surface area contributed by atoms with Crippen molar-refractivity contribution in [3.63, 3.8) is 0 Å². The summed E-state index contributed by atoms with van der Waals surface area (Å²) in [6.07, 6.45) is 1.68. The second-order valence-electron chi connectivity index (χ2n) is 10.3. The molecule has 33 heavy (non-hydrogen) atoms. The van der Waals surface area contributed by atoms with Gasteiger partial charge in [-0.05, 0) is 78.5 Å². The first-order valence-electron chi connectivity index (χ1n) is 11.5. The van der Waals surface area contributed by atoms with E-state index in [0.717, 1.165) is 24.8 Å². The lowest BCUT2D eigenvalue weighted by atomic mass is 10.0. The average Bonchev–Trinajstić information content (AvgIpc) is 2.71. The third-order valence-electron chi connectivity index (χ3n) is 5.21. The lowest BCUT2D eigenvalue weighted by Gasteiger charge is -2.42. The summed E-state index contributed by atoms with van der Waals surface area (Å²) in [7, 11) is 3.23. The minimum atomic E-state index is -0.580. The van der Waals surface area contributed by atoms with Crippen molar-refractivity contribution in [2.45, 2.75) is 78.0 Å². The number of methoxy groups -OCH3 is 2. The van der Waals surface area contributed by atoms with E-state index in [0.29, 0.717) is 31.1 Å². The van der Waals surface area contributed by atoms with Crippen LogP contribution in [0.4, 0.5) is 9.59 Å². The summed E-state index contributed by atoms with van der Waals surface area (Å²) in [5.74, 6) is 1.39. The molecule has 1 aliphatic rings. The van der Waals surface area contributed by atoms with Crippen molar-refractivity contribution in [1.82, 2.24) is 9.80 Å². The molecule has 2 rings (SSSR count). The smallest absolute Gasteiger partial charge is 0.410 e. The molecular formula is C25H40N2O6. The molecule has 1 fully saturated rings. The number of piperazine rings is 1. The molecular weight excluding hydrogens is 424 g/mol. The monoisotopic (exact) mass is 464 g/mol. The maximum atomic E-state index is 12.9. The van der Waals surface area contributed by atoms with Crippen LogP contribution in [-0.2, 0) is 15.9 Å². The molecule has 0 bridgehead atoms. The molecule has 2 amide bonds. The van der Waals surface area contributed by atoms with Crippen molar-refractivity contribution in [1.29, 1.82) is 0 Å². The highest BCUT2D eigenvalue weighted by molar-refractivity contribution is 5.71. The van der Waals surface area contributed by atoms with Crippen LogP contribution in [0.5, 0.6) is 11.5 Å². The molecule has 1 aromatic rings. The zero-order chi connectivity index (χ0) is 24.8. The lowest BCUT2D eigenvalue weighted by Crippen LogP contribution is -2.57. The van der Waals surface area contributed by atoms with Crippen molar-refractivity contribution in [3.05, 3.63) is 23.8 Å². The van der Waals surface area contributed by atoms with Crippen molar-refractivity contribution < 1.29 is 28.5 Å². The molecule has 0 aliphatic carbocycles. The van der Waals surface area contributed by atoms with Crippen LogP contribution in [0.2, 0.25) is 0 Å². The van der Waals surface area contributed by atoms with Crippen molar-refractivity contribution in [2.75, 3.05) is 33.9 Å². The van der Waals surface area contributed by atoms with E-state index in [-0.39, 0.29) is 18.2 Å². The molecule has 1 atom stereocenters. The normalized spacial score (nSPS) is 16.9. The number of amides is 2. The molecule has 186 valence electrons. The number of nitrogens with zero attached hydrogens (tertiary/aromatic N) is 2. The van der Waals surface area contributed by atoms with Gasteiger partial charge < -0.3 is 28.7 Å². The summed E-state index contributed by atoms with van der Waals surface area (Å²) >= 11 is 0. The van der Waals surface area contributed by atoms with E-state index in [1.807, 2.05) is 59.7 Å². The SMILES string of the molecule is COc1ccc(CCCC2CN(C(=O)OC(C)(C)C)CCN2C(=O)OC(C)(C)C)cc1OC. The first kappa shape index (κ1) is 26.6. The van der Waals surface area contributed by atoms with Gasteiger partial charge in [-0.1, -0.05) is 6.07 Å². The Bertz CT molecular complexity index is 812. The fourth-order valence-electron chi connectivity index (χ4n) is 3.73. The van der Waals surface area contributed by atoms with Crippen LogP contribution in [0.15, 0.2) is 18.2 Å². The topological polar surface area (TPSA) is 77.5 Å². The van der Waals surface area contributed by atoms with Gasteiger partial charge in [0.25, 0.3) is 0 Å². The van der Waals surface area contributed by atoms with Gasteiger partial charge in [0.15, 0.2) is 11.5 Å². The van der Waals surface area contributed by atoms with Crippen LogP contribution in [-0.4, -0.2) is 73.1 Å². The van der Waals surface area contributed by atoms with E-state index >= 15 is 0 Å². The number of aryl methyl sites for hydroxylation is 1. The molecule has 1 heterocycles. The van der Waals surface area contributed by atoms with E-state index < -0.39 is 11.2 Å². The maximum absolute atomic E-state index is 12.9. The fraction of sp³-hybridized carbons (Fsp3) is 0.680. The summed E-state index contributed by atoms with van der Waals surface area (Å²) in [5.41, 5.74) is -0.0254. The zero-order valence-corrected chi connectivity index (χ0v) is 21.4. The molecule has 8 nitrogen and oxygen atoms in total. The highest BCUT2D eigenvalue weighted by Gasteiger charge is 2.36. The molecule has 1 saturated heterocycles. The molecule has 8 heteroatoms. The Hall–Kier alpha value is -2.64. The zero-order valence-electron chi connectivity index (χ0n) is 21.4. The van der Waals surface area contributed by atoms with E-state index in [2.05, 4.69) is 0 Å². The maximum Gasteiger partial charge on any atom is 0.410 e. The minimum Gasteiger partial charge on any atom is -0.493 e. The third-order valence-corrected chi connectivity index (χ3v) is 5.21. The van der Waals surface area contributed by atoms with E-state index in [4.69, 9.17) is 18.9 Å². The quantitative estimate of drug-likeness (QED) is 0.597. The summed E-state index contributed by atoms with van der Waals surface area (Å²) in [4.78, 5) is 28.9. The predicted molar refractivity (Wildman–Crippen MR) is 127 cm³/mol. The highest BCUT2D eigenvalue weighted by atomic mass is 16.6. The molecule has 0 radical (unpaired) electrons. The Balaban J connectivity index is 2.08. The summed E-state index contributed by atoms with van der Waals surface area (Å²) < 4.78 is 21.9. The number of hydrogen-bond donors (Lipinski definition) is 0. The summed E-state index contributed by atoms with van der Waals surface area (Å²) in [6.45, 7) is 12.4. The van der Waals surface area contributed by atoms with Crippen LogP contribution in [0.3, 0.4) is 0 Å². The average molecular weight is 465 g/mol. The number of carbonyl (C=O) groups excluding carboxylic acids is 2. The second-order valence-corrected chi connectivity index (χ2v) is 10.3. The van der Waals surface area contributed by atoms with Gasteiger partial charge in [-0.2, -0.15) is 0 Å². The number of carbonyl (C=O) groups is 2. The van der Waals surface area contributed by atoms with Gasteiger partial charge in [0, 0.05) is 19.6 Å². The van der Waals surface area contributed by atoms with Crippen LogP contribution < -0.4 is 9.47 Å². The van der Waals surface area contributed by atoms with Crippen molar-refractivity contribution in [3.8, 4) is 11.5 Å². The molecule has 1 aliphatic heterocycles. The Morgan fingerprint density at radius 2 is 1.52 bits per heavy atom. The standard InChI is InChI=1S/C25H40N2O6/c1-24(2,3)32-22(28)26-14-15-27(23(29)33-25(4,5)6)19(17-26)11-9-10-18-12-13-20(30-7)21(16-18)31-8/h12-13,16,19H,9-11,14-15,17H2,1-8H3. The minimum absolute atomic E-state index is 0.152. The molecule has 0 spiro atoms. The number of hydrogen-bond acceptors (Lipinski definition) is 6. The number of rotatable bonds is 6. The first-order valence-corrected chi connectivity index (χ1v) is 11.5. The van der Waals surface area contributed by atoms with Gasteiger partial charge in [-0.15, -0.1) is 0 Å². The largest absolute Gasteiger partial charge is 0.493 e. The first-order chi connectivity index (χ1) is 15.3. The van der Waals surface area contributed by atoms with Gasteiger partial charge in [0.05, 0.1) is 20.3 Å². The highest BCUT2D eigenvalue weighted by Crippen LogP contribution is 2.28. The number of ether oxygens (including phenoxy) is 4. The Kier molecular flexibility index (Phi) is 8.86. The fourth-order valence-corrected chi connectivity index (χ4v) is 3.73. The lowest BCUT2D eigenvalue weighted by molar-refractivity contribution is -0.0160. The predicted octanol–water partition coefficient (Wildman–Crippen LogP) is 4.88. The van der Waals surface area contributed by atoms with Crippen molar-refractivity contribution in [2.24, 2.45) is 0 Å². The van der Waals surface area contributed by atoms with Gasteiger partial charge in [0.1, 0.15) is 11.2 Å². The second kappa shape index (κ2) is 11.0. The Morgan fingerprint density at radius 1 is 0.909 bits per heavy atom. The molecule has 1 aromatic carbocycles. The van der Waals surface area contributed by atoms with Gasteiger partial charge >= 0.3 is 12.2 Å². The Morgan fingerprint density at radius 3 is 2.09 bits per heavy atom. The van der Waals surface area contributed by atoms with Gasteiger partial charge in [0.2, 0.25) is 0 Å². The Labute approximate surface area is 198 Å². The van der Waals surface area contributed by atoms with E-state index in [1.165, 1.54) is 0 Å². The molecule has 0 saturated carbocycles. The summed E-state index contributed by atoms with van der Waals surface area (Å²) in [5, 5.41) is 0. The van der Waals surface area contributed by atoms with Crippen LogP contribution in [0.1, 0.15) is 59.9 Å². The molecule has 1 unspecified atom stereocenters. The number of benzene rings is 1. The van der Waals surface area contributed by atoms with Gasteiger partial charge in [-0.3, -0.25) is 0 Å². The van der Waals surface area contributed by atoms with Crippen LogP contribution in [0, 0.1) is 0 Å². The summed E-state index contributed by atoms with van der Waals surface area (Å²) in [6, 6.07) is 5.73. The van der Waals surface area contributed by atoms with Crippen molar-refractivity contribution >= 4 is 12.2 Å². The van der Waals surface area contributed by atoms with Gasteiger partial charge in [-0.25, -0.2) is 9.59 Å². The molecule has 0 aromatic heterocycles.